The molecule has 1 saturated heterocycles. The van der Waals surface area contributed by atoms with Crippen LogP contribution < -0.4 is 5.73 Å². The van der Waals surface area contributed by atoms with Gasteiger partial charge in [-0.3, -0.25) is 0 Å². The summed E-state index contributed by atoms with van der Waals surface area (Å²) in [6.45, 7) is 1.54. The highest BCUT2D eigenvalue weighted by molar-refractivity contribution is 9.10. The van der Waals surface area contributed by atoms with Crippen LogP contribution in [0, 0.1) is 35.5 Å². The molecule has 80 valence electrons. The fraction of sp³-hybridized carbons (Fsp3) is 1.00. The van der Waals surface area contributed by atoms with E-state index in [0.717, 1.165) is 31.0 Å². The van der Waals surface area contributed by atoms with Gasteiger partial charge in [-0.25, -0.2) is 0 Å². The average Bonchev–Trinajstić information content (AvgIpc) is 2.86. The molecule has 6 saturated carbocycles. The lowest BCUT2D eigenvalue weighted by Crippen LogP contribution is -2.51. The summed E-state index contributed by atoms with van der Waals surface area (Å²) in [5.74, 6) is 4.08. The highest BCUT2D eigenvalue weighted by Crippen LogP contribution is 3.00. The molecule has 15 heavy (non-hydrogen) atoms. The van der Waals surface area contributed by atoms with Crippen molar-refractivity contribution in [1.29, 1.82) is 0 Å². The molecular formula is C11H12BrNO2. The molecule has 0 amide bonds. The zero-order valence-electron chi connectivity index (χ0n) is 8.15. The number of ether oxygens (including phenoxy) is 2. The van der Waals surface area contributed by atoms with E-state index in [1.807, 2.05) is 0 Å². The Morgan fingerprint density at radius 2 is 1.80 bits per heavy atom. The Balaban J connectivity index is 1.68. The summed E-state index contributed by atoms with van der Waals surface area (Å²) in [5, 5.41) is 0. The molecule has 6 aliphatic carbocycles. The molecule has 1 spiro atoms. The van der Waals surface area contributed by atoms with Gasteiger partial charge in [0, 0.05) is 17.4 Å². The van der Waals surface area contributed by atoms with Gasteiger partial charge in [0.25, 0.3) is 0 Å². The monoisotopic (exact) mass is 269 g/mol. The van der Waals surface area contributed by atoms with Crippen molar-refractivity contribution in [3.63, 3.8) is 0 Å². The first kappa shape index (κ1) is 7.64. The second-order valence-electron chi connectivity index (χ2n) is 6.29. The van der Waals surface area contributed by atoms with Crippen molar-refractivity contribution < 1.29 is 9.47 Å². The molecule has 0 aromatic rings. The SMILES string of the molecule is N[C@@]12[C@@H]3[C@H]4[C@@H]5[C@@H]1[C@H]2[C@@](Br)([C@H]43)C51OCCO1. The van der Waals surface area contributed by atoms with Crippen LogP contribution in [0.2, 0.25) is 0 Å². The maximum Gasteiger partial charge on any atom is 0.187 e. The molecule has 8 atom stereocenters. The van der Waals surface area contributed by atoms with Crippen LogP contribution in [-0.4, -0.2) is 28.9 Å². The standard InChI is InChI=1S/C11H12BrNO2/c12-10-5-3-4(5)9(13)7(8(9)10)6(3)11(10)14-1-2-15-11/h3-8H,1-2,13H2/t3-,4-,5-,6-,7-,8-,9+,10+/m1/s1. The highest BCUT2D eigenvalue weighted by Gasteiger charge is 3.08. The number of alkyl halides is 1. The summed E-state index contributed by atoms with van der Waals surface area (Å²) < 4.78 is 12.1. The fourth-order valence-electron chi connectivity index (χ4n) is 6.48. The van der Waals surface area contributed by atoms with Gasteiger partial charge in [-0.2, -0.15) is 0 Å². The van der Waals surface area contributed by atoms with Gasteiger partial charge in [0.15, 0.2) is 5.79 Å². The Morgan fingerprint density at radius 3 is 2.20 bits per heavy atom. The van der Waals surface area contributed by atoms with Gasteiger partial charge in [0.1, 0.15) is 0 Å². The zero-order chi connectivity index (χ0) is 9.79. The normalized spacial score (nSPS) is 82.0. The number of rotatable bonds is 0. The largest absolute Gasteiger partial charge is 0.346 e. The first-order valence-electron chi connectivity index (χ1n) is 5.95. The van der Waals surface area contributed by atoms with Crippen molar-refractivity contribution in [3.8, 4) is 0 Å². The lowest BCUT2D eigenvalue weighted by molar-refractivity contribution is -0.191. The summed E-state index contributed by atoms with van der Waals surface area (Å²) in [6, 6.07) is 0. The minimum atomic E-state index is -0.270. The molecule has 4 heteroatoms. The number of halogens is 1. The predicted octanol–water partition coefficient (Wildman–Crippen LogP) is 0.326. The maximum absolute atomic E-state index is 6.54. The third-order valence-electron chi connectivity index (χ3n) is 6.45. The van der Waals surface area contributed by atoms with Crippen LogP contribution in [0.5, 0.6) is 0 Å². The molecule has 7 aliphatic rings. The maximum atomic E-state index is 6.54. The van der Waals surface area contributed by atoms with Gasteiger partial charge in [-0.1, -0.05) is 15.9 Å². The van der Waals surface area contributed by atoms with E-state index in [0.29, 0.717) is 17.8 Å². The van der Waals surface area contributed by atoms with Crippen molar-refractivity contribution >= 4 is 15.9 Å². The third kappa shape index (κ3) is 0.397. The summed E-state index contributed by atoms with van der Waals surface area (Å²) in [7, 11) is 0. The Labute approximate surface area is 95.8 Å². The molecular weight excluding hydrogens is 258 g/mol. The van der Waals surface area contributed by atoms with E-state index in [-0.39, 0.29) is 15.7 Å². The van der Waals surface area contributed by atoms with Gasteiger partial charge < -0.3 is 15.2 Å². The molecule has 0 unspecified atom stereocenters. The van der Waals surface area contributed by atoms with Crippen LogP contribution in [0.1, 0.15) is 0 Å². The second kappa shape index (κ2) is 1.57. The van der Waals surface area contributed by atoms with E-state index in [2.05, 4.69) is 15.9 Å². The van der Waals surface area contributed by atoms with Crippen LogP contribution in [-0.2, 0) is 9.47 Å². The smallest absolute Gasteiger partial charge is 0.187 e. The molecule has 2 N–H and O–H groups in total. The van der Waals surface area contributed by atoms with Crippen molar-refractivity contribution in [2.75, 3.05) is 13.2 Å². The van der Waals surface area contributed by atoms with E-state index in [1.165, 1.54) is 0 Å². The van der Waals surface area contributed by atoms with Crippen molar-refractivity contribution in [3.05, 3.63) is 0 Å². The molecule has 1 aliphatic heterocycles. The number of hydrogen-bond acceptors (Lipinski definition) is 3. The molecule has 0 aromatic carbocycles. The lowest BCUT2D eigenvalue weighted by Gasteiger charge is -2.37. The number of nitrogens with two attached hydrogens (primary N) is 1. The van der Waals surface area contributed by atoms with Gasteiger partial charge in [0.05, 0.1) is 17.5 Å². The topological polar surface area (TPSA) is 44.5 Å². The Bertz CT molecular complexity index is 436. The molecule has 3 nitrogen and oxygen atoms in total. The van der Waals surface area contributed by atoms with E-state index in [4.69, 9.17) is 15.2 Å². The Hall–Kier alpha value is 0.360. The van der Waals surface area contributed by atoms with Crippen LogP contribution in [0.4, 0.5) is 0 Å². The van der Waals surface area contributed by atoms with E-state index < -0.39 is 0 Å². The van der Waals surface area contributed by atoms with Gasteiger partial charge in [0.2, 0.25) is 0 Å². The Morgan fingerprint density at radius 1 is 1.07 bits per heavy atom. The van der Waals surface area contributed by atoms with Crippen molar-refractivity contribution in [1.82, 2.24) is 0 Å². The molecule has 7 fully saturated rings. The van der Waals surface area contributed by atoms with Crippen LogP contribution in [0.15, 0.2) is 0 Å². The fourth-order valence-corrected chi connectivity index (χ4v) is 8.24. The molecule has 7 rings (SSSR count). The summed E-state index contributed by atoms with van der Waals surface area (Å²) in [6.07, 6.45) is 0. The highest BCUT2D eigenvalue weighted by atomic mass is 79.9. The minimum Gasteiger partial charge on any atom is -0.346 e. The van der Waals surface area contributed by atoms with Crippen LogP contribution >= 0.6 is 15.9 Å². The van der Waals surface area contributed by atoms with Crippen LogP contribution in [0.3, 0.4) is 0 Å². The van der Waals surface area contributed by atoms with Gasteiger partial charge in [-0.05, 0) is 23.7 Å². The zero-order valence-corrected chi connectivity index (χ0v) is 9.74. The van der Waals surface area contributed by atoms with E-state index in [9.17, 15) is 0 Å². The third-order valence-corrected chi connectivity index (χ3v) is 8.02. The molecule has 2 bridgehead atoms. The minimum absolute atomic E-state index is 0.0932. The molecule has 0 aromatic heterocycles. The van der Waals surface area contributed by atoms with E-state index in [1.54, 1.807) is 0 Å². The Kier molecular flexibility index (Phi) is 0.802. The summed E-state index contributed by atoms with van der Waals surface area (Å²) in [5.41, 5.74) is 6.72. The van der Waals surface area contributed by atoms with Gasteiger partial charge >= 0.3 is 0 Å². The first-order valence-corrected chi connectivity index (χ1v) is 6.74. The van der Waals surface area contributed by atoms with Crippen molar-refractivity contribution in [2.45, 2.75) is 15.7 Å². The summed E-state index contributed by atoms with van der Waals surface area (Å²) in [4.78, 5) is 0. The molecule has 1 heterocycles. The molecule has 0 radical (unpaired) electrons. The van der Waals surface area contributed by atoms with Crippen molar-refractivity contribution in [2.24, 2.45) is 41.2 Å². The van der Waals surface area contributed by atoms with Crippen LogP contribution in [0.25, 0.3) is 0 Å². The quantitative estimate of drug-likeness (QED) is 0.645. The first-order chi connectivity index (χ1) is 7.19. The average molecular weight is 270 g/mol. The van der Waals surface area contributed by atoms with E-state index >= 15 is 0 Å². The van der Waals surface area contributed by atoms with Gasteiger partial charge in [-0.15, -0.1) is 0 Å². The summed E-state index contributed by atoms with van der Waals surface area (Å²) >= 11 is 4.01. The second-order valence-corrected chi connectivity index (χ2v) is 7.60. The lowest BCUT2D eigenvalue weighted by atomic mass is 9.97. The predicted molar refractivity (Wildman–Crippen MR) is 54.2 cm³/mol. The number of hydrogen-bond donors (Lipinski definition) is 1.